The lowest BCUT2D eigenvalue weighted by Crippen LogP contribution is -1.97. The molecule has 0 amide bonds. The van der Waals surface area contributed by atoms with Crippen LogP contribution in [0.1, 0.15) is 29.3 Å². The number of hydrogen-bond donors (Lipinski definition) is 2. The van der Waals surface area contributed by atoms with Crippen LogP contribution >= 0.6 is 11.6 Å². The molecule has 0 saturated heterocycles. The first-order valence-electron chi connectivity index (χ1n) is 6.87. The third-order valence-electron chi connectivity index (χ3n) is 3.18. The molecule has 0 radical (unpaired) electrons. The first-order chi connectivity index (χ1) is 10.1. The summed E-state index contributed by atoms with van der Waals surface area (Å²) in [6, 6.07) is 13.3. The number of benzene rings is 2. The molecule has 0 aromatic heterocycles. The molecule has 2 rings (SSSR count). The van der Waals surface area contributed by atoms with Crippen LogP contribution < -0.4 is 5.32 Å². The van der Waals surface area contributed by atoms with Crippen LogP contribution in [0.4, 0.5) is 11.4 Å². The molecule has 0 aliphatic heterocycles. The highest BCUT2D eigenvalue weighted by molar-refractivity contribution is 6.34. The molecule has 0 saturated carbocycles. The molecule has 21 heavy (non-hydrogen) atoms. The number of hydrogen-bond acceptors (Lipinski definition) is 3. The maximum absolute atomic E-state index is 11.5. The van der Waals surface area contributed by atoms with Crippen molar-refractivity contribution in [2.75, 3.05) is 11.9 Å². The molecular weight excluding hydrogens is 286 g/mol. The smallest absolute Gasteiger partial charge is 0.161 e. The Bertz CT molecular complexity index is 640. The van der Waals surface area contributed by atoms with Crippen molar-refractivity contribution in [3.8, 4) is 0 Å². The summed E-state index contributed by atoms with van der Waals surface area (Å²) in [5.41, 5.74) is 3.44. The minimum absolute atomic E-state index is 0.0552. The van der Waals surface area contributed by atoms with E-state index in [1.807, 2.05) is 30.3 Å². The number of Topliss-reactive ketones (excluding diaryl/α,β-unsaturated/α-hetero) is 1. The van der Waals surface area contributed by atoms with E-state index in [9.17, 15) is 4.79 Å². The average Bonchev–Trinajstić information content (AvgIpc) is 2.47. The fourth-order valence-electron chi connectivity index (χ4n) is 2.13. The van der Waals surface area contributed by atoms with Crippen LogP contribution in [0.15, 0.2) is 42.5 Å². The van der Waals surface area contributed by atoms with Gasteiger partial charge in [-0.1, -0.05) is 23.7 Å². The van der Waals surface area contributed by atoms with Crippen molar-refractivity contribution in [2.45, 2.75) is 19.8 Å². The van der Waals surface area contributed by atoms with Crippen molar-refractivity contribution in [3.63, 3.8) is 0 Å². The van der Waals surface area contributed by atoms with Gasteiger partial charge in [0, 0.05) is 23.5 Å². The Morgan fingerprint density at radius 3 is 2.67 bits per heavy atom. The summed E-state index contributed by atoms with van der Waals surface area (Å²) in [4.78, 5) is 11.5. The predicted molar refractivity (Wildman–Crippen MR) is 86.6 cm³/mol. The summed E-state index contributed by atoms with van der Waals surface area (Å²) < 4.78 is 0. The molecule has 0 unspecified atom stereocenters. The minimum atomic E-state index is -0.0552. The monoisotopic (exact) mass is 303 g/mol. The van der Waals surface area contributed by atoms with Gasteiger partial charge in [-0.25, -0.2) is 0 Å². The Balaban J connectivity index is 2.18. The highest BCUT2D eigenvalue weighted by atomic mass is 35.5. The van der Waals surface area contributed by atoms with E-state index in [4.69, 9.17) is 16.7 Å². The van der Waals surface area contributed by atoms with Crippen molar-refractivity contribution >= 4 is 28.8 Å². The van der Waals surface area contributed by atoms with Gasteiger partial charge < -0.3 is 10.4 Å². The van der Waals surface area contributed by atoms with Gasteiger partial charge in [0.1, 0.15) is 0 Å². The summed E-state index contributed by atoms with van der Waals surface area (Å²) in [5, 5.41) is 12.6. The Labute approximate surface area is 129 Å². The number of aliphatic hydroxyl groups excluding tert-OH is 1. The third-order valence-corrected chi connectivity index (χ3v) is 3.51. The lowest BCUT2D eigenvalue weighted by molar-refractivity contribution is 0.101. The molecule has 0 fully saturated rings. The predicted octanol–water partition coefficient (Wildman–Crippen LogP) is 4.21. The second-order valence-corrected chi connectivity index (χ2v) is 5.31. The first kappa shape index (κ1) is 15.5. The van der Waals surface area contributed by atoms with Gasteiger partial charge in [-0.2, -0.15) is 0 Å². The molecule has 0 aliphatic carbocycles. The van der Waals surface area contributed by atoms with E-state index >= 15 is 0 Å². The molecule has 2 aromatic rings. The lowest BCUT2D eigenvalue weighted by Gasteiger charge is -2.10. The molecule has 110 valence electrons. The van der Waals surface area contributed by atoms with E-state index in [0.717, 1.165) is 29.8 Å². The Kier molecular flexibility index (Phi) is 5.37. The molecule has 3 nitrogen and oxygen atoms in total. The van der Waals surface area contributed by atoms with Gasteiger partial charge in [0.15, 0.2) is 5.78 Å². The SMILES string of the molecule is CC(=O)c1cc(Nc2cccc(CCCO)c2)ccc1Cl. The summed E-state index contributed by atoms with van der Waals surface area (Å²) in [7, 11) is 0. The zero-order chi connectivity index (χ0) is 15.2. The van der Waals surface area contributed by atoms with Crippen molar-refractivity contribution in [3.05, 3.63) is 58.6 Å². The number of nitrogens with one attached hydrogen (secondary N) is 1. The zero-order valence-corrected chi connectivity index (χ0v) is 12.7. The van der Waals surface area contributed by atoms with Gasteiger partial charge in [0.25, 0.3) is 0 Å². The number of carbonyl (C=O) groups excluding carboxylic acids is 1. The molecule has 0 bridgehead atoms. The molecule has 0 atom stereocenters. The van der Waals surface area contributed by atoms with Crippen LogP contribution in [-0.4, -0.2) is 17.5 Å². The van der Waals surface area contributed by atoms with Crippen LogP contribution in [-0.2, 0) is 6.42 Å². The number of anilines is 2. The highest BCUT2D eigenvalue weighted by Crippen LogP contribution is 2.24. The topological polar surface area (TPSA) is 49.3 Å². The standard InChI is InChI=1S/C17H18ClNO2/c1-12(21)16-11-15(7-8-17(16)18)19-14-6-2-4-13(10-14)5-3-9-20/h2,4,6-8,10-11,19-20H,3,5,9H2,1H3. The van der Waals surface area contributed by atoms with E-state index in [1.165, 1.54) is 6.92 Å². The maximum Gasteiger partial charge on any atom is 0.161 e. The van der Waals surface area contributed by atoms with Gasteiger partial charge in [-0.05, 0) is 55.7 Å². The molecule has 0 aliphatic rings. The van der Waals surface area contributed by atoms with E-state index in [-0.39, 0.29) is 12.4 Å². The van der Waals surface area contributed by atoms with Gasteiger partial charge in [0.05, 0.1) is 5.02 Å². The Morgan fingerprint density at radius 1 is 1.19 bits per heavy atom. The first-order valence-corrected chi connectivity index (χ1v) is 7.25. The molecule has 4 heteroatoms. The normalized spacial score (nSPS) is 10.4. The summed E-state index contributed by atoms with van der Waals surface area (Å²) in [6.07, 6.45) is 1.59. The van der Waals surface area contributed by atoms with Gasteiger partial charge in [0.2, 0.25) is 0 Å². The van der Waals surface area contributed by atoms with Crippen molar-refractivity contribution in [1.82, 2.24) is 0 Å². The van der Waals surface area contributed by atoms with E-state index in [0.29, 0.717) is 10.6 Å². The van der Waals surface area contributed by atoms with E-state index in [1.54, 1.807) is 12.1 Å². The van der Waals surface area contributed by atoms with Gasteiger partial charge >= 0.3 is 0 Å². The third kappa shape index (κ3) is 4.31. The number of aryl methyl sites for hydroxylation is 1. The summed E-state index contributed by atoms with van der Waals surface area (Å²) in [5.74, 6) is -0.0552. The van der Waals surface area contributed by atoms with Crippen molar-refractivity contribution in [2.24, 2.45) is 0 Å². The van der Waals surface area contributed by atoms with Crippen LogP contribution in [0.5, 0.6) is 0 Å². The van der Waals surface area contributed by atoms with Crippen LogP contribution in [0.2, 0.25) is 5.02 Å². The average molecular weight is 304 g/mol. The largest absolute Gasteiger partial charge is 0.396 e. The second-order valence-electron chi connectivity index (χ2n) is 4.90. The Morgan fingerprint density at radius 2 is 1.95 bits per heavy atom. The van der Waals surface area contributed by atoms with Crippen LogP contribution in [0.25, 0.3) is 0 Å². The molecule has 2 aromatic carbocycles. The van der Waals surface area contributed by atoms with Gasteiger partial charge in [-0.3, -0.25) is 4.79 Å². The summed E-state index contributed by atoms with van der Waals surface area (Å²) in [6.45, 7) is 1.69. The van der Waals surface area contributed by atoms with Crippen LogP contribution in [0.3, 0.4) is 0 Å². The Hall–Kier alpha value is -1.84. The van der Waals surface area contributed by atoms with Crippen molar-refractivity contribution < 1.29 is 9.90 Å². The minimum Gasteiger partial charge on any atom is -0.396 e. The lowest BCUT2D eigenvalue weighted by atomic mass is 10.1. The second kappa shape index (κ2) is 7.25. The number of ketones is 1. The zero-order valence-electron chi connectivity index (χ0n) is 11.9. The summed E-state index contributed by atoms with van der Waals surface area (Å²) >= 11 is 6.00. The van der Waals surface area contributed by atoms with E-state index < -0.39 is 0 Å². The molecule has 2 N–H and O–H groups in total. The maximum atomic E-state index is 11.5. The van der Waals surface area contributed by atoms with Gasteiger partial charge in [-0.15, -0.1) is 0 Å². The number of aliphatic hydroxyl groups is 1. The van der Waals surface area contributed by atoms with Crippen LogP contribution in [0, 0.1) is 0 Å². The molecular formula is C17H18ClNO2. The number of carbonyl (C=O) groups is 1. The van der Waals surface area contributed by atoms with E-state index in [2.05, 4.69) is 5.32 Å². The fourth-order valence-corrected chi connectivity index (χ4v) is 2.38. The molecule has 0 spiro atoms. The fraction of sp³-hybridized carbons (Fsp3) is 0.235. The molecule has 0 heterocycles. The number of rotatable bonds is 6. The number of halogens is 1. The van der Waals surface area contributed by atoms with Crippen molar-refractivity contribution in [1.29, 1.82) is 0 Å². The highest BCUT2D eigenvalue weighted by Gasteiger charge is 2.07. The quantitative estimate of drug-likeness (QED) is 0.786.